The van der Waals surface area contributed by atoms with E-state index in [2.05, 4.69) is 0 Å². The van der Waals surface area contributed by atoms with Gasteiger partial charge in [0.2, 0.25) is 0 Å². The van der Waals surface area contributed by atoms with Crippen molar-refractivity contribution in [1.29, 1.82) is 0 Å². The number of nitrogens with two attached hydrogens (primary N) is 1. The van der Waals surface area contributed by atoms with Gasteiger partial charge >= 0.3 is 0 Å². The summed E-state index contributed by atoms with van der Waals surface area (Å²) in [4.78, 5) is 0. The molecule has 0 fully saturated rings. The third-order valence-electron chi connectivity index (χ3n) is 2.95. The van der Waals surface area contributed by atoms with Crippen molar-refractivity contribution in [3.63, 3.8) is 0 Å². The molecule has 0 aliphatic rings. The van der Waals surface area contributed by atoms with Gasteiger partial charge in [0, 0.05) is 5.56 Å². The number of benzene rings is 1. The van der Waals surface area contributed by atoms with Gasteiger partial charge in [-0.15, -0.1) is 0 Å². The molecule has 18 heavy (non-hydrogen) atoms. The molecular formula is C14H16ClNO2. The highest BCUT2D eigenvalue weighted by Gasteiger charge is 2.16. The molecular weight excluding hydrogens is 250 g/mol. The van der Waals surface area contributed by atoms with E-state index < -0.39 is 0 Å². The van der Waals surface area contributed by atoms with Crippen LogP contribution in [-0.4, -0.2) is 7.11 Å². The van der Waals surface area contributed by atoms with Crippen LogP contribution in [0.4, 0.5) is 0 Å². The van der Waals surface area contributed by atoms with Gasteiger partial charge in [0.1, 0.15) is 17.3 Å². The highest BCUT2D eigenvalue weighted by atomic mass is 35.5. The van der Waals surface area contributed by atoms with Crippen molar-refractivity contribution in [2.45, 2.75) is 19.9 Å². The van der Waals surface area contributed by atoms with Crippen LogP contribution in [0.1, 0.15) is 28.7 Å². The first-order valence-electron chi connectivity index (χ1n) is 5.69. The van der Waals surface area contributed by atoms with Crippen molar-refractivity contribution < 1.29 is 9.15 Å². The summed E-state index contributed by atoms with van der Waals surface area (Å²) in [5, 5.41) is 0.577. The Hall–Kier alpha value is -1.45. The maximum Gasteiger partial charge on any atom is 0.137 e. The molecule has 1 atom stereocenters. The molecule has 4 heteroatoms. The molecule has 1 aromatic carbocycles. The van der Waals surface area contributed by atoms with Crippen LogP contribution in [0.5, 0.6) is 5.75 Å². The van der Waals surface area contributed by atoms with E-state index in [1.165, 1.54) is 0 Å². The van der Waals surface area contributed by atoms with Crippen molar-refractivity contribution >= 4 is 11.6 Å². The van der Waals surface area contributed by atoms with Crippen molar-refractivity contribution in [1.82, 2.24) is 0 Å². The number of aryl methyl sites for hydroxylation is 2. The molecule has 0 amide bonds. The van der Waals surface area contributed by atoms with Gasteiger partial charge in [0.05, 0.1) is 18.2 Å². The second-order valence-corrected chi connectivity index (χ2v) is 4.65. The summed E-state index contributed by atoms with van der Waals surface area (Å²) in [5.41, 5.74) is 8.17. The summed E-state index contributed by atoms with van der Waals surface area (Å²) in [6.07, 6.45) is 0. The molecule has 1 heterocycles. The van der Waals surface area contributed by atoms with E-state index in [0.717, 1.165) is 22.6 Å². The van der Waals surface area contributed by atoms with E-state index in [0.29, 0.717) is 10.8 Å². The van der Waals surface area contributed by atoms with Crippen molar-refractivity contribution in [3.8, 4) is 5.75 Å². The molecule has 0 spiro atoms. The first kappa shape index (κ1) is 13.0. The molecule has 0 saturated carbocycles. The highest BCUT2D eigenvalue weighted by molar-refractivity contribution is 6.32. The van der Waals surface area contributed by atoms with E-state index in [9.17, 15) is 0 Å². The molecule has 0 saturated heterocycles. The first-order valence-corrected chi connectivity index (χ1v) is 6.06. The molecule has 3 nitrogen and oxygen atoms in total. The van der Waals surface area contributed by atoms with E-state index in [4.69, 9.17) is 26.5 Å². The smallest absolute Gasteiger partial charge is 0.137 e. The maximum absolute atomic E-state index is 6.25. The number of rotatable bonds is 3. The van der Waals surface area contributed by atoms with Gasteiger partial charge in [-0.2, -0.15) is 0 Å². The zero-order valence-electron chi connectivity index (χ0n) is 10.7. The highest BCUT2D eigenvalue weighted by Crippen LogP contribution is 2.31. The summed E-state index contributed by atoms with van der Waals surface area (Å²) >= 11 is 6.00. The van der Waals surface area contributed by atoms with E-state index in [1.807, 2.05) is 32.0 Å². The Morgan fingerprint density at radius 2 is 2.00 bits per heavy atom. The predicted octanol–water partition coefficient (Wildman–Crippen LogP) is 3.61. The molecule has 96 valence electrons. The molecule has 2 aromatic rings. The standard InChI is InChI=1S/C14H16ClNO2/c1-8-6-11(9(2)18-8)14(16)10-4-5-12(15)13(7-10)17-3/h4-7,14H,16H2,1-3H3. The third kappa shape index (κ3) is 2.37. The normalized spacial score (nSPS) is 12.5. The molecule has 0 bridgehead atoms. The number of furan rings is 1. The monoisotopic (exact) mass is 265 g/mol. The minimum Gasteiger partial charge on any atom is -0.495 e. The fourth-order valence-corrected chi connectivity index (χ4v) is 2.20. The van der Waals surface area contributed by atoms with Crippen molar-refractivity contribution in [2.75, 3.05) is 7.11 Å². The average molecular weight is 266 g/mol. The van der Waals surface area contributed by atoms with Crippen LogP contribution in [0.25, 0.3) is 0 Å². The number of ether oxygens (including phenoxy) is 1. The molecule has 0 aliphatic carbocycles. The van der Waals surface area contributed by atoms with Crippen LogP contribution in [0.2, 0.25) is 5.02 Å². The van der Waals surface area contributed by atoms with Crippen LogP contribution >= 0.6 is 11.6 Å². The van der Waals surface area contributed by atoms with Gasteiger partial charge < -0.3 is 14.9 Å². The number of hydrogen-bond donors (Lipinski definition) is 1. The Bertz CT molecular complexity index is 563. The van der Waals surface area contributed by atoms with Gasteiger partial charge in [-0.05, 0) is 37.6 Å². The van der Waals surface area contributed by atoms with Crippen LogP contribution in [0.3, 0.4) is 0 Å². The molecule has 0 aliphatic heterocycles. The lowest BCUT2D eigenvalue weighted by Gasteiger charge is -2.13. The van der Waals surface area contributed by atoms with Gasteiger partial charge in [-0.3, -0.25) is 0 Å². The second-order valence-electron chi connectivity index (χ2n) is 4.24. The maximum atomic E-state index is 6.25. The second kappa shape index (κ2) is 5.04. The van der Waals surface area contributed by atoms with Crippen molar-refractivity contribution in [2.24, 2.45) is 5.73 Å². The van der Waals surface area contributed by atoms with Gasteiger partial charge in [-0.1, -0.05) is 17.7 Å². The van der Waals surface area contributed by atoms with Crippen LogP contribution in [0.15, 0.2) is 28.7 Å². The van der Waals surface area contributed by atoms with Gasteiger partial charge in [0.25, 0.3) is 0 Å². The number of halogens is 1. The summed E-state index contributed by atoms with van der Waals surface area (Å²) < 4.78 is 10.7. The van der Waals surface area contributed by atoms with E-state index in [-0.39, 0.29) is 6.04 Å². The molecule has 2 rings (SSSR count). The summed E-state index contributed by atoms with van der Waals surface area (Å²) in [5.74, 6) is 2.33. The predicted molar refractivity (Wildman–Crippen MR) is 72.2 cm³/mol. The topological polar surface area (TPSA) is 48.4 Å². The lowest BCUT2D eigenvalue weighted by molar-refractivity contribution is 0.414. The Morgan fingerprint density at radius 3 is 2.56 bits per heavy atom. The zero-order valence-corrected chi connectivity index (χ0v) is 11.4. The number of methoxy groups -OCH3 is 1. The lowest BCUT2D eigenvalue weighted by atomic mass is 10.00. The van der Waals surface area contributed by atoms with Crippen LogP contribution < -0.4 is 10.5 Å². The number of hydrogen-bond acceptors (Lipinski definition) is 3. The molecule has 1 aromatic heterocycles. The minimum absolute atomic E-state index is 0.242. The SMILES string of the molecule is COc1cc(C(N)c2cc(C)oc2C)ccc1Cl. The Labute approximate surface area is 111 Å². The van der Waals surface area contributed by atoms with Crippen molar-refractivity contribution in [3.05, 3.63) is 51.9 Å². The van der Waals surface area contributed by atoms with Crippen LogP contribution in [0, 0.1) is 13.8 Å². The van der Waals surface area contributed by atoms with E-state index >= 15 is 0 Å². The molecule has 1 unspecified atom stereocenters. The quantitative estimate of drug-likeness (QED) is 0.922. The zero-order chi connectivity index (χ0) is 13.3. The molecule has 2 N–H and O–H groups in total. The average Bonchev–Trinajstić information content (AvgIpc) is 2.68. The van der Waals surface area contributed by atoms with Crippen LogP contribution in [-0.2, 0) is 0 Å². The fraction of sp³-hybridized carbons (Fsp3) is 0.286. The lowest BCUT2D eigenvalue weighted by Crippen LogP contribution is -2.12. The Morgan fingerprint density at radius 1 is 1.28 bits per heavy atom. The minimum atomic E-state index is -0.242. The Kier molecular flexibility index (Phi) is 3.64. The Balaban J connectivity index is 2.39. The summed E-state index contributed by atoms with van der Waals surface area (Å²) in [6, 6.07) is 7.26. The van der Waals surface area contributed by atoms with Gasteiger partial charge in [0.15, 0.2) is 0 Å². The fourth-order valence-electron chi connectivity index (χ4n) is 2.01. The third-order valence-corrected chi connectivity index (χ3v) is 3.26. The van der Waals surface area contributed by atoms with E-state index in [1.54, 1.807) is 13.2 Å². The molecule has 0 radical (unpaired) electrons. The first-order chi connectivity index (χ1) is 8.52. The largest absolute Gasteiger partial charge is 0.495 e. The summed E-state index contributed by atoms with van der Waals surface area (Å²) in [7, 11) is 1.59. The van der Waals surface area contributed by atoms with Gasteiger partial charge in [-0.25, -0.2) is 0 Å². The summed E-state index contributed by atoms with van der Waals surface area (Å²) in [6.45, 7) is 3.82.